The average molecular weight is 387 g/mol. The minimum Gasteiger partial charge on any atom is -0.444 e. The summed E-state index contributed by atoms with van der Waals surface area (Å²) < 4.78 is 5.93. The molecule has 0 saturated heterocycles. The first-order valence-corrected chi connectivity index (χ1v) is 8.05. The van der Waals surface area contributed by atoms with Crippen LogP contribution < -0.4 is 5.32 Å². The largest absolute Gasteiger partial charge is 0.444 e. The van der Waals surface area contributed by atoms with Gasteiger partial charge in [0.2, 0.25) is 5.91 Å². The monoisotopic (exact) mass is 386 g/mol. The Labute approximate surface area is 144 Å². The molecule has 23 heavy (non-hydrogen) atoms. The summed E-state index contributed by atoms with van der Waals surface area (Å²) in [6.07, 6.45) is -0.677. The maximum Gasteiger partial charge on any atom is 0.408 e. The Balaban J connectivity index is 3.05. The van der Waals surface area contributed by atoms with Gasteiger partial charge in [0.1, 0.15) is 11.6 Å². The summed E-state index contributed by atoms with van der Waals surface area (Å²) in [4.78, 5) is 26.0. The predicted molar refractivity (Wildman–Crippen MR) is 91.0 cm³/mol. The number of carbonyl (C=O) groups excluding carboxylic acids is 2. The number of likely N-dealkylation sites (N-methyl/N-ethyl adjacent to an activating group) is 1. The molecule has 1 aromatic rings. The van der Waals surface area contributed by atoms with E-state index in [1.807, 2.05) is 6.07 Å². The third kappa shape index (κ3) is 6.19. The Kier molecular flexibility index (Phi) is 7.02. The smallest absolute Gasteiger partial charge is 0.408 e. The van der Waals surface area contributed by atoms with E-state index in [9.17, 15) is 9.59 Å². The van der Waals surface area contributed by atoms with Crippen LogP contribution in [-0.2, 0) is 9.53 Å². The number of aliphatic hydroxyl groups excluding tert-OH is 1. The number of alkyl carbamates (subject to hydrolysis) is 1. The number of carbonyl (C=O) groups is 2. The molecule has 0 aliphatic heterocycles. The maximum absolute atomic E-state index is 12.6. The van der Waals surface area contributed by atoms with Crippen molar-refractivity contribution in [3.05, 3.63) is 34.3 Å². The van der Waals surface area contributed by atoms with Gasteiger partial charge in [0, 0.05) is 18.1 Å². The number of benzene rings is 1. The van der Waals surface area contributed by atoms with Crippen molar-refractivity contribution in [3.63, 3.8) is 0 Å². The van der Waals surface area contributed by atoms with Crippen molar-refractivity contribution in [2.24, 2.45) is 0 Å². The fraction of sp³-hybridized carbons (Fsp3) is 0.500. The molecule has 0 heterocycles. The molecule has 1 aromatic carbocycles. The molecule has 0 aliphatic rings. The first kappa shape index (κ1) is 19.4. The summed E-state index contributed by atoms with van der Waals surface area (Å²) in [5.74, 6) is -0.336. The van der Waals surface area contributed by atoms with E-state index in [0.29, 0.717) is 10.0 Å². The number of aliphatic hydroxyl groups is 1. The Morgan fingerprint density at radius 1 is 1.35 bits per heavy atom. The van der Waals surface area contributed by atoms with E-state index >= 15 is 0 Å². The van der Waals surface area contributed by atoms with Crippen molar-refractivity contribution in [1.29, 1.82) is 0 Å². The van der Waals surface area contributed by atoms with Crippen LogP contribution in [-0.4, -0.2) is 47.8 Å². The lowest BCUT2D eigenvalue weighted by atomic mass is 10.1. The van der Waals surface area contributed by atoms with Crippen LogP contribution in [0.15, 0.2) is 28.7 Å². The quantitative estimate of drug-likeness (QED) is 0.814. The topological polar surface area (TPSA) is 78.9 Å². The highest BCUT2D eigenvalue weighted by Crippen LogP contribution is 2.25. The molecule has 2 N–H and O–H groups in total. The highest BCUT2D eigenvalue weighted by molar-refractivity contribution is 9.10. The van der Waals surface area contributed by atoms with E-state index in [2.05, 4.69) is 21.2 Å². The zero-order valence-corrected chi connectivity index (χ0v) is 15.4. The Bertz CT molecular complexity index is 557. The third-order valence-electron chi connectivity index (χ3n) is 2.94. The van der Waals surface area contributed by atoms with Gasteiger partial charge in [0.15, 0.2) is 0 Å². The third-order valence-corrected chi connectivity index (χ3v) is 3.66. The Morgan fingerprint density at radius 2 is 1.96 bits per heavy atom. The molecule has 0 fully saturated rings. The number of hydrogen-bond donors (Lipinski definition) is 2. The summed E-state index contributed by atoms with van der Waals surface area (Å²) in [6, 6.07) is 6.23. The molecule has 128 valence electrons. The molecule has 7 heteroatoms. The molecular weight excluding hydrogens is 364 g/mol. The summed E-state index contributed by atoms with van der Waals surface area (Å²) in [6.45, 7) is 5.27. The van der Waals surface area contributed by atoms with Crippen LogP contribution in [0.5, 0.6) is 0 Å². The fourth-order valence-corrected chi connectivity index (χ4v) is 2.40. The van der Waals surface area contributed by atoms with Crippen molar-refractivity contribution < 1.29 is 19.4 Å². The SMILES string of the molecule is CN(CCO)C(=O)C(NC(=O)OC(C)(C)C)c1ccccc1Br. The molecular formula is C16H23BrN2O4. The van der Waals surface area contributed by atoms with E-state index < -0.39 is 17.7 Å². The second-order valence-corrected chi connectivity index (χ2v) is 6.94. The van der Waals surface area contributed by atoms with Crippen LogP contribution in [0.25, 0.3) is 0 Å². The van der Waals surface area contributed by atoms with Crippen LogP contribution in [0, 0.1) is 0 Å². The van der Waals surface area contributed by atoms with E-state index in [-0.39, 0.29) is 19.1 Å². The van der Waals surface area contributed by atoms with Crippen LogP contribution in [0.3, 0.4) is 0 Å². The first-order valence-electron chi connectivity index (χ1n) is 7.25. The van der Waals surface area contributed by atoms with Gasteiger partial charge in [-0.2, -0.15) is 0 Å². The van der Waals surface area contributed by atoms with Crippen LogP contribution in [0.4, 0.5) is 4.79 Å². The lowest BCUT2D eigenvalue weighted by Gasteiger charge is -2.27. The van der Waals surface area contributed by atoms with E-state index in [0.717, 1.165) is 0 Å². The second-order valence-electron chi connectivity index (χ2n) is 6.08. The van der Waals surface area contributed by atoms with Crippen molar-refractivity contribution in [2.75, 3.05) is 20.2 Å². The first-order chi connectivity index (χ1) is 10.7. The Morgan fingerprint density at radius 3 is 2.48 bits per heavy atom. The molecule has 1 atom stereocenters. The predicted octanol–water partition coefficient (Wildman–Crippen LogP) is 2.47. The van der Waals surface area contributed by atoms with Gasteiger partial charge in [-0.15, -0.1) is 0 Å². The molecule has 0 spiro atoms. The summed E-state index contributed by atoms with van der Waals surface area (Å²) in [7, 11) is 1.57. The molecule has 1 rings (SSSR count). The van der Waals surface area contributed by atoms with Crippen molar-refractivity contribution in [3.8, 4) is 0 Å². The average Bonchev–Trinajstić information content (AvgIpc) is 2.43. The summed E-state index contributed by atoms with van der Waals surface area (Å²) >= 11 is 3.39. The van der Waals surface area contributed by atoms with Crippen molar-refractivity contribution in [2.45, 2.75) is 32.4 Å². The molecule has 6 nitrogen and oxygen atoms in total. The van der Waals surface area contributed by atoms with Crippen LogP contribution in [0.2, 0.25) is 0 Å². The van der Waals surface area contributed by atoms with Crippen molar-refractivity contribution in [1.82, 2.24) is 10.2 Å². The van der Waals surface area contributed by atoms with E-state index in [1.54, 1.807) is 46.0 Å². The second kappa shape index (κ2) is 8.31. The fourth-order valence-electron chi connectivity index (χ4n) is 1.89. The maximum atomic E-state index is 12.6. The van der Waals surface area contributed by atoms with Crippen molar-refractivity contribution >= 4 is 27.9 Å². The van der Waals surface area contributed by atoms with E-state index in [1.165, 1.54) is 4.90 Å². The van der Waals surface area contributed by atoms with Gasteiger partial charge < -0.3 is 20.1 Å². The van der Waals surface area contributed by atoms with E-state index in [4.69, 9.17) is 9.84 Å². The van der Waals surface area contributed by atoms with Gasteiger partial charge >= 0.3 is 6.09 Å². The standard InChI is InChI=1S/C16H23BrN2O4/c1-16(2,3)23-15(22)18-13(14(21)19(4)9-10-20)11-7-5-6-8-12(11)17/h5-8,13,20H,9-10H2,1-4H3,(H,18,22). The minimum absolute atomic E-state index is 0.155. The number of ether oxygens (including phenoxy) is 1. The molecule has 1 unspecified atom stereocenters. The summed E-state index contributed by atoms with van der Waals surface area (Å²) in [5, 5.41) is 11.6. The zero-order valence-electron chi connectivity index (χ0n) is 13.8. The molecule has 0 saturated carbocycles. The number of nitrogens with zero attached hydrogens (tertiary/aromatic N) is 1. The molecule has 2 amide bonds. The number of hydrogen-bond acceptors (Lipinski definition) is 4. The van der Waals surface area contributed by atoms with Gasteiger partial charge in [-0.1, -0.05) is 34.1 Å². The molecule has 0 radical (unpaired) electrons. The van der Waals surface area contributed by atoms with Gasteiger partial charge in [-0.3, -0.25) is 4.79 Å². The highest BCUT2D eigenvalue weighted by atomic mass is 79.9. The lowest BCUT2D eigenvalue weighted by molar-refractivity contribution is -0.132. The van der Waals surface area contributed by atoms with Crippen LogP contribution in [0.1, 0.15) is 32.4 Å². The zero-order chi connectivity index (χ0) is 17.6. The van der Waals surface area contributed by atoms with Crippen LogP contribution >= 0.6 is 15.9 Å². The highest BCUT2D eigenvalue weighted by Gasteiger charge is 2.29. The molecule has 0 bridgehead atoms. The number of rotatable bonds is 5. The van der Waals surface area contributed by atoms with Gasteiger partial charge in [0.25, 0.3) is 0 Å². The number of halogens is 1. The van der Waals surface area contributed by atoms with Gasteiger partial charge in [-0.25, -0.2) is 4.79 Å². The number of amides is 2. The molecule has 0 aromatic heterocycles. The Hall–Kier alpha value is -1.60. The van der Waals surface area contributed by atoms with Gasteiger partial charge in [0.05, 0.1) is 6.61 Å². The number of nitrogens with one attached hydrogen (secondary N) is 1. The lowest BCUT2D eigenvalue weighted by Crippen LogP contribution is -2.44. The molecule has 0 aliphatic carbocycles. The normalized spacial score (nSPS) is 12.4. The van der Waals surface area contributed by atoms with Gasteiger partial charge in [-0.05, 0) is 32.4 Å². The summed E-state index contributed by atoms with van der Waals surface area (Å²) in [5.41, 5.74) is -0.0454. The minimum atomic E-state index is -0.906.